The third-order valence-corrected chi connectivity index (χ3v) is 5.39. The van der Waals surface area contributed by atoms with Gasteiger partial charge in [0.15, 0.2) is 0 Å². The van der Waals surface area contributed by atoms with Gasteiger partial charge in [0, 0.05) is 13.1 Å². The van der Waals surface area contributed by atoms with Crippen molar-refractivity contribution in [1.29, 1.82) is 0 Å². The first-order chi connectivity index (χ1) is 7.99. The molecule has 1 fully saturated rings. The molecule has 1 saturated carbocycles. The molecule has 0 radical (unpaired) electrons. The van der Waals surface area contributed by atoms with Gasteiger partial charge in [0.05, 0.1) is 12.1 Å². The lowest BCUT2D eigenvalue weighted by atomic mass is 9.83. The fraction of sp³-hybridized carbons (Fsp3) is 1.00. The standard InChI is InChI=1S/C11H24N2O3S/c1-3-13(4-2)17(15,16)12-11(10-14)8-6-5-7-9-11/h12,14H,3-10H2,1-2H3. The van der Waals surface area contributed by atoms with E-state index >= 15 is 0 Å². The summed E-state index contributed by atoms with van der Waals surface area (Å²) in [6.45, 7) is 4.42. The third-order valence-electron chi connectivity index (χ3n) is 3.50. The Labute approximate surface area is 104 Å². The second-order valence-electron chi connectivity index (χ2n) is 4.69. The van der Waals surface area contributed by atoms with E-state index < -0.39 is 15.7 Å². The fourth-order valence-electron chi connectivity index (χ4n) is 2.42. The van der Waals surface area contributed by atoms with Gasteiger partial charge in [-0.05, 0) is 12.8 Å². The SMILES string of the molecule is CCN(CC)S(=O)(=O)NC1(CO)CCCCC1. The zero-order valence-corrected chi connectivity index (χ0v) is 11.6. The van der Waals surface area contributed by atoms with Gasteiger partial charge in [0.25, 0.3) is 10.2 Å². The molecule has 0 spiro atoms. The average molecular weight is 264 g/mol. The van der Waals surface area contributed by atoms with E-state index in [2.05, 4.69) is 4.72 Å². The van der Waals surface area contributed by atoms with Crippen molar-refractivity contribution in [3.05, 3.63) is 0 Å². The number of aliphatic hydroxyl groups is 1. The molecule has 0 aliphatic heterocycles. The first kappa shape index (κ1) is 14.9. The summed E-state index contributed by atoms with van der Waals surface area (Å²) in [6, 6.07) is 0. The van der Waals surface area contributed by atoms with Crippen molar-refractivity contribution in [1.82, 2.24) is 9.03 Å². The van der Waals surface area contributed by atoms with Crippen LogP contribution in [0.1, 0.15) is 46.0 Å². The summed E-state index contributed by atoms with van der Waals surface area (Å²) in [5, 5.41) is 9.49. The van der Waals surface area contributed by atoms with Gasteiger partial charge < -0.3 is 5.11 Å². The van der Waals surface area contributed by atoms with E-state index in [1.807, 2.05) is 13.8 Å². The van der Waals surface area contributed by atoms with E-state index in [0.717, 1.165) is 32.1 Å². The number of nitrogens with one attached hydrogen (secondary N) is 1. The molecule has 0 atom stereocenters. The molecular formula is C11H24N2O3S. The molecule has 1 rings (SSSR count). The van der Waals surface area contributed by atoms with Gasteiger partial charge in [0.1, 0.15) is 0 Å². The Bertz CT molecular complexity index is 320. The Morgan fingerprint density at radius 3 is 2.12 bits per heavy atom. The van der Waals surface area contributed by atoms with Gasteiger partial charge in [0.2, 0.25) is 0 Å². The van der Waals surface area contributed by atoms with Gasteiger partial charge in [-0.2, -0.15) is 17.4 Å². The van der Waals surface area contributed by atoms with E-state index in [4.69, 9.17) is 0 Å². The lowest BCUT2D eigenvalue weighted by Crippen LogP contribution is -2.56. The smallest absolute Gasteiger partial charge is 0.280 e. The van der Waals surface area contributed by atoms with Crippen molar-refractivity contribution >= 4 is 10.2 Å². The summed E-state index contributed by atoms with van der Waals surface area (Å²) >= 11 is 0. The van der Waals surface area contributed by atoms with E-state index in [1.165, 1.54) is 4.31 Å². The van der Waals surface area contributed by atoms with Gasteiger partial charge >= 0.3 is 0 Å². The second-order valence-corrected chi connectivity index (χ2v) is 6.36. The minimum atomic E-state index is -3.47. The molecule has 17 heavy (non-hydrogen) atoms. The Morgan fingerprint density at radius 1 is 1.18 bits per heavy atom. The van der Waals surface area contributed by atoms with Gasteiger partial charge in [-0.15, -0.1) is 0 Å². The maximum absolute atomic E-state index is 12.1. The van der Waals surface area contributed by atoms with Crippen LogP contribution in [0.5, 0.6) is 0 Å². The molecule has 6 heteroatoms. The molecule has 0 bridgehead atoms. The molecule has 1 aliphatic carbocycles. The van der Waals surface area contributed by atoms with E-state index in [-0.39, 0.29) is 6.61 Å². The summed E-state index contributed by atoms with van der Waals surface area (Å²) in [4.78, 5) is 0. The van der Waals surface area contributed by atoms with Crippen LogP contribution in [0.4, 0.5) is 0 Å². The first-order valence-corrected chi connectivity index (χ1v) is 7.83. The van der Waals surface area contributed by atoms with Gasteiger partial charge in [-0.3, -0.25) is 0 Å². The van der Waals surface area contributed by atoms with Crippen LogP contribution in [-0.4, -0.2) is 43.1 Å². The first-order valence-electron chi connectivity index (χ1n) is 6.39. The Hall–Kier alpha value is -0.170. The van der Waals surface area contributed by atoms with Crippen LogP contribution in [0.3, 0.4) is 0 Å². The molecule has 0 saturated heterocycles. The highest BCUT2D eigenvalue weighted by Crippen LogP contribution is 2.28. The van der Waals surface area contributed by atoms with Crippen LogP contribution in [0.2, 0.25) is 0 Å². The zero-order chi connectivity index (χ0) is 12.9. The Morgan fingerprint density at radius 2 is 1.71 bits per heavy atom. The molecule has 5 nitrogen and oxygen atoms in total. The molecule has 102 valence electrons. The van der Waals surface area contributed by atoms with Crippen LogP contribution in [0.15, 0.2) is 0 Å². The van der Waals surface area contributed by atoms with Gasteiger partial charge in [-0.25, -0.2) is 0 Å². The quantitative estimate of drug-likeness (QED) is 0.747. The molecular weight excluding hydrogens is 240 g/mol. The molecule has 0 aromatic rings. The average Bonchev–Trinajstić information content (AvgIpc) is 2.30. The molecule has 1 aliphatic rings. The van der Waals surface area contributed by atoms with E-state index in [0.29, 0.717) is 13.1 Å². The Kier molecular flexibility index (Phi) is 5.37. The summed E-state index contributed by atoms with van der Waals surface area (Å²) in [7, 11) is -3.47. The highest BCUT2D eigenvalue weighted by molar-refractivity contribution is 7.87. The van der Waals surface area contributed by atoms with Crippen molar-refractivity contribution in [2.45, 2.75) is 51.5 Å². The van der Waals surface area contributed by atoms with Crippen molar-refractivity contribution in [3.8, 4) is 0 Å². The lowest BCUT2D eigenvalue weighted by Gasteiger charge is -2.37. The number of rotatable bonds is 6. The number of hydrogen-bond donors (Lipinski definition) is 2. The highest BCUT2D eigenvalue weighted by atomic mass is 32.2. The van der Waals surface area contributed by atoms with Gasteiger partial charge in [-0.1, -0.05) is 33.1 Å². The van der Waals surface area contributed by atoms with Crippen LogP contribution >= 0.6 is 0 Å². The monoisotopic (exact) mass is 264 g/mol. The maximum atomic E-state index is 12.1. The summed E-state index contributed by atoms with van der Waals surface area (Å²) in [5.41, 5.74) is -0.639. The third kappa shape index (κ3) is 3.64. The van der Waals surface area contributed by atoms with Crippen LogP contribution in [0.25, 0.3) is 0 Å². The fourth-order valence-corrected chi connectivity index (χ4v) is 4.05. The number of aliphatic hydroxyl groups excluding tert-OH is 1. The molecule has 0 aromatic carbocycles. The van der Waals surface area contributed by atoms with Crippen LogP contribution < -0.4 is 4.72 Å². The molecule has 0 heterocycles. The topological polar surface area (TPSA) is 69.6 Å². The number of hydrogen-bond acceptors (Lipinski definition) is 3. The predicted octanol–water partition coefficient (Wildman–Crippen LogP) is 0.858. The van der Waals surface area contributed by atoms with Crippen molar-refractivity contribution in [3.63, 3.8) is 0 Å². The minimum Gasteiger partial charge on any atom is -0.394 e. The van der Waals surface area contributed by atoms with Crippen LogP contribution in [-0.2, 0) is 10.2 Å². The molecule has 0 aromatic heterocycles. The second kappa shape index (κ2) is 6.13. The van der Waals surface area contributed by atoms with Crippen molar-refractivity contribution in [2.24, 2.45) is 0 Å². The molecule has 0 amide bonds. The van der Waals surface area contributed by atoms with E-state index in [1.54, 1.807) is 0 Å². The highest BCUT2D eigenvalue weighted by Gasteiger charge is 2.36. The van der Waals surface area contributed by atoms with Crippen molar-refractivity contribution < 1.29 is 13.5 Å². The summed E-state index contributed by atoms with van der Waals surface area (Å²) < 4.78 is 28.4. The number of nitrogens with zero attached hydrogens (tertiary/aromatic N) is 1. The Balaban J connectivity index is 2.79. The lowest BCUT2D eigenvalue weighted by molar-refractivity contribution is 0.140. The summed E-state index contributed by atoms with van der Waals surface area (Å²) in [6.07, 6.45) is 4.52. The molecule has 0 unspecified atom stereocenters. The van der Waals surface area contributed by atoms with Crippen molar-refractivity contribution in [2.75, 3.05) is 19.7 Å². The van der Waals surface area contributed by atoms with Crippen LogP contribution in [0, 0.1) is 0 Å². The predicted molar refractivity (Wildman–Crippen MR) is 67.9 cm³/mol. The summed E-state index contributed by atoms with van der Waals surface area (Å²) in [5.74, 6) is 0. The minimum absolute atomic E-state index is 0.118. The largest absolute Gasteiger partial charge is 0.394 e. The maximum Gasteiger partial charge on any atom is 0.280 e. The normalized spacial score (nSPS) is 20.7. The zero-order valence-electron chi connectivity index (χ0n) is 10.8. The van der Waals surface area contributed by atoms with E-state index in [9.17, 15) is 13.5 Å². The molecule has 2 N–H and O–H groups in total.